The topological polar surface area (TPSA) is 95.0 Å². The first-order valence-electron chi connectivity index (χ1n) is 14.7. The maximum atomic E-state index is 14.0. The van der Waals surface area contributed by atoms with Crippen LogP contribution in [0.15, 0.2) is 70.8 Å². The van der Waals surface area contributed by atoms with Crippen LogP contribution in [0.25, 0.3) is 0 Å². The number of aliphatic imine (C=N–C) groups is 1. The lowest BCUT2D eigenvalue weighted by atomic mass is 10.0. The van der Waals surface area contributed by atoms with E-state index in [0.717, 1.165) is 18.4 Å². The van der Waals surface area contributed by atoms with Crippen molar-refractivity contribution in [3.8, 4) is 0 Å². The van der Waals surface area contributed by atoms with E-state index in [1.54, 1.807) is 53.6 Å². The summed E-state index contributed by atoms with van der Waals surface area (Å²) in [6.07, 6.45) is 11.7. The summed E-state index contributed by atoms with van der Waals surface area (Å²) in [6, 6.07) is 13.3. The Kier molecular flexibility index (Phi) is 9.64. The van der Waals surface area contributed by atoms with E-state index in [4.69, 9.17) is 0 Å². The van der Waals surface area contributed by atoms with Gasteiger partial charge in [0.25, 0.3) is 15.9 Å². The molecule has 0 spiro atoms. The van der Waals surface area contributed by atoms with E-state index in [1.807, 2.05) is 19.2 Å². The third-order valence-electron chi connectivity index (χ3n) is 8.10. The first-order valence-corrected chi connectivity index (χ1v) is 16.2. The molecule has 3 aromatic rings. The Morgan fingerprint density at radius 3 is 2.43 bits per heavy atom. The van der Waals surface area contributed by atoms with Gasteiger partial charge in [0.15, 0.2) is 0 Å². The summed E-state index contributed by atoms with van der Waals surface area (Å²) in [4.78, 5) is 25.6. The minimum atomic E-state index is -3.91. The highest BCUT2D eigenvalue weighted by molar-refractivity contribution is 7.92. The number of halogens is 1. The molecule has 1 aromatic heterocycles. The van der Waals surface area contributed by atoms with Gasteiger partial charge in [0.05, 0.1) is 11.9 Å². The molecule has 1 aliphatic heterocycles. The fourth-order valence-electron chi connectivity index (χ4n) is 5.61. The van der Waals surface area contributed by atoms with Gasteiger partial charge < -0.3 is 4.90 Å². The van der Waals surface area contributed by atoms with Crippen LogP contribution in [-0.2, 0) is 16.6 Å². The Morgan fingerprint density at radius 2 is 1.74 bits per heavy atom. The second-order valence-electron chi connectivity index (χ2n) is 11.2. The molecular weight excluding hydrogens is 553 g/mol. The number of carbonyl (C=O) groups excluding carboxylic acids is 1. The number of aromatic nitrogens is 1. The number of amides is 1. The fraction of sp³-hybridized carbons (Fsp3) is 0.406. The van der Waals surface area contributed by atoms with Crippen molar-refractivity contribution in [2.75, 3.05) is 30.9 Å². The zero-order valence-corrected chi connectivity index (χ0v) is 24.8. The van der Waals surface area contributed by atoms with Gasteiger partial charge in [0.1, 0.15) is 10.7 Å². The van der Waals surface area contributed by atoms with Crippen LogP contribution in [0.3, 0.4) is 0 Å². The van der Waals surface area contributed by atoms with Crippen LogP contribution in [0.5, 0.6) is 0 Å². The number of benzene rings is 2. The molecule has 1 N–H and O–H groups in total. The summed E-state index contributed by atoms with van der Waals surface area (Å²) in [7, 11) is -3.91. The number of hydrogen-bond donors (Lipinski definition) is 1. The van der Waals surface area contributed by atoms with Gasteiger partial charge in [-0.2, -0.15) is 0 Å². The second kappa shape index (κ2) is 13.6. The van der Waals surface area contributed by atoms with Gasteiger partial charge in [-0.3, -0.25) is 24.4 Å². The fourth-order valence-corrected chi connectivity index (χ4v) is 6.89. The number of piperazine rings is 1. The Balaban J connectivity index is 1.21. The summed E-state index contributed by atoms with van der Waals surface area (Å²) in [5, 5.41) is 0. The van der Waals surface area contributed by atoms with Gasteiger partial charge in [-0.25, -0.2) is 12.8 Å². The number of para-hydroxylation sites is 1. The maximum Gasteiger partial charge on any atom is 0.264 e. The van der Waals surface area contributed by atoms with E-state index >= 15 is 0 Å². The molecule has 1 aliphatic carbocycles. The Labute approximate surface area is 247 Å². The zero-order valence-electron chi connectivity index (χ0n) is 24.0. The predicted octanol–water partition coefficient (Wildman–Crippen LogP) is 5.96. The number of nitrogens with one attached hydrogen (secondary N) is 1. The van der Waals surface area contributed by atoms with Crippen LogP contribution < -0.4 is 4.72 Å². The van der Waals surface area contributed by atoms with E-state index in [-0.39, 0.29) is 16.6 Å². The Hall–Kier alpha value is -3.63. The van der Waals surface area contributed by atoms with Crippen molar-refractivity contribution in [2.45, 2.75) is 56.9 Å². The number of aryl methyl sites for hydroxylation is 1. The summed E-state index contributed by atoms with van der Waals surface area (Å²) in [5.74, 6) is -0.0751. The van der Waals surface area contributed by atoms with Crippen LogP contribution in [0, 0.1) is 18.7 Å². The van der Waals surface area contributed by atoms with Gasteiger partial charge in [-0.15, -0.1) is 0 Å². The number of pyridine rings is 1. The third kappa shape index (κ3) is 7.41. The van der Waals surface area contributed by atoms with E-state index in [0.29, 0.717) is 61.1 Å². The average Bonchev–Trinajstić information content (AvgIpc) is 3.27. The van der Waals surface area contributed by atoms with Crippen LogP contribution in [0.2, 0.25) is 0 Å². The number of nitrogens with zero attached hydrogens (tertiary/aromatic N) is 4. The molecule has 0 unspecified atom stereocenters. The van der Waals surface area contributed by atoms with Crippen molar-refractivity contribution in [3.63, 3.8) is 0 Å². The largest absolute Gasteiger partial charge is 0.336 e. The van der Waals surface area contributed by atoms with Crippen molar-refractivity contribution < 1.29 is 17.6 Å². The van der Waals surface area contributed by atoms with E-state index in [2.05, 4.69) is 19.6 Å². The van der Waals surface area contributed by atoms with Gasteiger partial charge in [0, 0.05) is 61.9 Å². The summed E-state index contributed by atoms with van der Waals surface area (Å²) in [5.41, 5.74) is 2.71. The highest BCUT2D eigenvalue weighted by Crippen LogP contribution is 2.31. The molecule has 10 heteroatoms. The first-order chi connectivity index (χ1) is 20.3. The second-order valence-corrected chi connectivity index (χ2v) is 12.8. The standard InChI is InChI=1S/C32H38FN5O3S/c1-24-7-6-10-30(31(24)35-21-25-8-4-2-3-5-9-25)42(40,41)36-28-13-11-26(12-14-28)32(39)38-19-17-37(18-20-38)23-27-15-16-34-22-29(27)33/h6-7,10-16,21-22,25,36H,2-5,8-9,17-20,23H2,1H3/b35-21-. The summed E-state index contributed by atoms with van der Waals surface area (Å²) < 4.78 is 43.5. The minimum absolute atomic E-state index is 0.118. The van der Waals surface area contributed by atoms with E-state index in [9.17, 15) is 17.6 Å². The highest BCUT2D eigenvalue weighted by Gasteiger charge is 2.24. The number of carbonyl (C=O) groups is 1. The van der Waals surface area contributed by atoms with Crippen molar-refractivity contribution in [2.24, 2.45) is 10.9 Å². The van der Waals surface area contributed by atoms with E-state index in [1.165, 1.54) is 31.9 Å². The lowest BCUT2D eigenvalue weighted by Gasteiger charge is -2.34. The molecule has 0 atom stereocenters. The molecule has 2 aliphatic rings. The van der Waals surface area contributed by atoms with Crippen LogP contribution in [0.4, 0.5) is 15.8 Å². The molecule has 42 heavy (non-hydrogen) atoms. The molecule has 222 valence electrons. The van der Waals surface area contributed by atoms with Crippen LogP contribution in [0.1, 0.15) is 60.0 Å². The van der Waals surface area contributed by atoms with Crippen LogP contribution >= 0.6 is 0 Å². The van der Waals surface area contributed by atoms with Gasteiger partial charge >= 0.3 is 0 Å². The Morgan fingerprint density at radius 1 is 1.02 bits per heavy atom. The zero-order chi connectivity index (χ0) is 29.5. The molecule has 5 rings (SSSR count). The van der Waals surface area contributed by atoms with Crippen molar-refractivity contribution in [3.05, 3.63) is 83.4 Å². The summed E-state index contributed by atoms with van der Waals surface area (Å²) in [6.45, 7) is 4.66. The molecule has 0 bridgehead atoms. The van der Waals surface area contributed by atoms with Crippen LogP contribution in [-0.4, -0.2) is 61.5 Å². The lowest BCUT2D eigenvalue weighted by Crippen LogP contribution is -2.48. The maximum absolute atomic E-state index is 14.0. The molecule has 1 saturated carbocycles. The smallest absolute Gasteiger partial charge is 0.264 e. The average molecular weight is 592 g/mol. The van der Waals surface area contributed by atoms with E-state index < -0.39 is 10.0 Å². The SMILES string of the molecule is Cc1cccc(S(=O)(=O)Nc2ccc(C(=O)N3CCN(Cc4ccncc4F)CC3)cc2)c1/N=C\C1CCCCCC1. The van der Waals surface area contributed by atoms with Gasteiger partial charge in [0.2, 0.25) is 0 Å². The highest BCUT2D eigenvalue weighted by atomic mass is 32.2. The lowest BCUT2D eigenvalue weighted by molar-refractivity contribution is 0.0627. The quantitative estimate of drug-likeness (QED) is 0.258. The van der Waals surface area contributed by atoms with Crippen molar-refractivity contribution >= 4 is 33.5 Å². The molecule has 1 amide bonds. The van der Waals surface area contributed by atoms with Gasteiger partial charge in [-0.05, 0) is 67.6 Å². The minimum Gasteiger partial charge on any atom is -0.336 e. The van der Waals surface area contributed by atoms with Crippen molar-refractivity contribution in [1.29, 1.82) is 0 Å². The molecular formula is C32H38FN5O3S. The number of hydrogen-bond acceptors (Lipinski definition) is 6. The monoisotopic (exact) mass is 591 g/mol. The molecule has 2 aromatic carbocycles. The third-order valence-corrected chi connectivity index (χ3v) is 9.51. The predicted molar refractivity (Wildman–Crippen MR) is 163 cm³/mol. The Bertz CT molecular complexity index is 1510. The molecule has 8 nitrogen and oxygen atoms in total. The molecule has 2 fully saturated rings. The van der Waals surface area contributed by atoms with Gasteiger partial charge in [-0.1, -0.05) is 37.8 Å². The molecule has 1 saturated heterocycles. The molecule has 0 radical (unpaired) electrons. The molecule has 2 heterocycles. The number of anilines is 1. The summed E-state index contributed by atoms with van der Waals surface area (Å²) >= 11 is 0. The number of sulfonamides is 1. The van der Waals surface area contributed by atoms with Crippen molar-refractivity contribution in [1.82, 2.24) is 14.8 Å². The normalized spacial score (nSPS) is 17.3. The first kappa shape index (κ1) is 29.8. The number of rotatable bonds is 8.